The van der Waals surface area contributed by atoms with Crippen molar-refractivity contribution in [1.29, 1.82) is 0 Å². The van der Waals surface area contributed by atoms with Crippen LogP contribution in [0.4, 0.5) is 15.7 Å². The van der Waals surface area contributed by atoms with Crippen LogP contribution in [0.5, 0.6) is 0 Å². The fourth-order valence-corrected chi connectivity index (χ4v) is 5.74. The van der Waals surface area contributed by atoms with Crippen LogP contribution in [0.15, 0.2) is 29.4 Å². The normalized spacial score (nSPS) is 16.5. The highest BCUT2D eigenvalue weighted by molar-refractivity contribution is 7.89. The number of pyridine rings is 1. The van der Waals surface area contributed by atoms with E-state index >= 15 is 0 Å². The van der Waals surface area contributed by atoms with Gasteiger partial charge in [0.2, 0.25) is 10.0 Å². The first kappa shape index (κ1) is 28.3. The van der Waals surface area contributed by atoms with E-state index in [9.17, 15) is 18.0 Å². The van der Waals surface area contributed by atoms with Gasteiger partial charge in [0, 0.05) is 32.9 Å². The minimum atomic E-state index is -3.88. The number of anilines is 2. The Kier molecular flexibility index (Phi) is 8.75. The Labute approximate surface area is 220 Å². The van der Waals surface area contributed by atoms with Crippen LogP contribution >= 0.6 is 11.3 Å². The summed E-state index contributed by atoms with van der Waals surface area (Å²) in [4.78, 5) is 39.9. The third-order valence-corrected chi connectivity index (χ3v) is 8.04. The molecule has 0 unspecified atom stereocenters. The zero-order valence-corrected chi connectivity index (χ0v) is 23.1. The second-order valence-corrected chi connectivity index (χ2v) is 11.9. The third-order valence-electron chi connectivity index (χ3n) is 5.17. The molecule has 1 N–H and O–H groups in total. The Bertz CT molecular complexity index is 1290. The molecule has 37 heavy (non-hydrogen) atoms. The highest BCUT2D eigenvalue weighted by Gasteiger charge is 2.35. The number of hydrogen-bond donors (Lipinski definition) is 1. The predicted molar refractivity (Wildman–Crippen MR) is 139 cm³/mol. The van der Waals surface area contributed by atoms with Crippen LogP contribution in [0, 0.1) is 11.8 Å². The maximum Gasteiger partial charge on any atom is 0.413 e. The number of nitrogens with zero attached hydrogens (tertiary/aromatic N) is 5. The molecule has 1 aliphatic heterocycles. The summed E-state index contributed by atoms with van der Waals surface area (Å²) in [5.41, 5.74) is -0.677. The fraction of sp³-hybridized carbons (Fsp3) is 0.478. The van der Waals surface area contributed by atoms with Crippen LogP contribution in [-0.4, -0.2) is 85.2 Å². The number of rotatable bonds is 6. The van der Waals surface area contributed by atoms with E-state index in [1.165, 1.54) is 54.3 Å². The molecule has 0 radical (unpaired) electrons. The second-order valence-electron chi connectivity index (χ2n) is 8.96. The largest absolute Gasteiger partial charge is 0.444 e. The van der Waals surface area contributed by atoms with Crippen molar-refractivity contribution in [3.05, 3.63) is 29.4 Å². The van der Waals surface area contributed by atoms with Gasteiger partial charge in [-0.3, -0.25) is 14.9 Å². The molecule has 2 aromatic heterocycles. The fourth-order valence-electron chi connectivity index (χ4n) is 3.39. The monoisotopic (exact) mass is 550 g/mol. The summed E-state index contributed by atoms with van der Waals surface area (Å²) in [7, 11) is -0.976. The third kappa shape index (κ3) is 6.95. The Morgan fingerprint density at radius 2 is 1.95 bits per heavy atom. The molecule has 1 aliphatic rings. The number of aromatic nitrogens is 2. The van der Waals surface area contributed by atoms with Crippen LogP contribution in [0.3, 0.4) is 0 Å². The van der Waals surface area contributed by atoms with Gasteiger partial charge in [0.1, 0.15) is 27.2 Å². The number of thiazole rings is 1. The Balaban J connectivity index is 1.74. The van der Waals surface area contributed by atoms with Crippen molar-refractivity contribution < 1.29 is 27.6 Å². The van der Waals surface area contributed by atoms with Gasteiger partial charge in [0.25, 0.3) is 5.91 Å². The highest BCUT2D eigenvalue weighted by Crippen LogP contribution is 2.29. The summed E-state index contributed by atoms with van der Waals surface area (Å²) < 4.78 is 33.2. The van der Waals surface area contributed by atoms with Crippen LogP contribution in [0.25, 0.3) is 0 Å². The topological polar surface area (TPSA) is 134 Å². The molecule has 14 heteroatoms. The molecule has 0 aromatic carbocycles. The van der Waals surface area contributed by atoms with E-state index < -0.39 is 27.8 Å². The number of piperazine rings is 1. The lowest BCUT2D eigenvalue weighted by Crippen LogP contribution is -2.54. The van der Waals surface area contributed by atoms with Gasteiger partial charge < -0.3 is 9.64 Å². The summed E-state index contributed by atoms with van der Waals surface area (Å²) in [6, 6.07) is 2.32. The van der Waals surface area contributed by atoms with Crippen molar-refractivity contribution >= 4 is 44.3 Å². The van der Waals surface area contributed by atoms with E-state index in [1.807, 2.05) is 4.90 Å². The molecular formula is C23H30N6O6S2. The SMILES string of the molecule is CC#C[C@H]1CN(S(=O)(=O)c2ccc(NC(=O)OC(C)(C)C)nc2)CCN1c1ncc(C(=O)N(C)OC)s1. The Morgan fingerprint density at radius 1 is 1.22 bits per heavy atom. The van der Waals surface area contributed by atoms with Crippen molar-refractivity contribution in [3.8, 4) is 11.8 Å². The molecule has 3 rings (SSSR count). The molecule has 0 aliphatic carbocycles. The van der Waals surface area contributed by atoms with E-state index in [2.05, 4.69) is 27.1 Å². The zero-order valence-electron chi connectivity index (χ0n) is 21.5. The standard InChI is InChI=1S/C23H30N6O6S2/c1-7-8-16-15-28(11-12-29(16)21-25-14-18(36-21)20(30)27(5)34-6)37(32,33)17-9-10-19(24-13-17)26-22(31)35-23(2,3)4/h9-10,13-14,16H,11-12,15H2,1-6H3,(H,24,26,31)/t16-/m0/s1. The number of sulfonamides is 1. The van der Waals surface area contributed by atoms with Crippen LogP contribution in [-0.2, 0) is 19.6 Å². The van der Waals surface area contributed by atoms with Crippen molar-refractivity contribution in [1.82, 2.24) is 19.3 Å². The molecule has 1 atom stereocenters. The second kappa shape index (κ2) is 11.4. The van der Waals surface area contributed by atoms with Gasteiger partial charge in [-0.05, 0) is 39.8 Å². The van der Waals surface area contributed by atoms with Crippen LogP contribution in [0.2, 0.25) is 0 Å². The average molecular weight is 551 g/mol. The van der Waals surface area contributed by atoms with E-state index in [0.717, 1.165) is 5.06 Å². The number of carbonyl (C=O) groups is 2. The minimum absolute atomic E-state index is 0.0105. The highest BCUT2D eigenvalue weighted by atomic mass is 32.2. The van der Waals surface area contributed by atoms with E-state index in [4.69, 9.17) is 9.57 Å². The number of carbonyl (C=O) groups excluding carboxylic acids is 2. The molecule has 3 heterocycles. The average Bonchev–Trinajstić information content (AvgIpc) is 3.32. The van der Waals surface area contributed by atoms with E-state index in [1.54, 1.807) is 27.7 Å². The van der Waals surface area contributed by atoms with Gasteiger partial charge in [-0.25, -0.2) is 28.2 Å². The molecule has 2 aromatic rings. The maximum atomic E-state index is 13.3. The molecule has 0 saturated carbocycles. The lowest BCUT2D eigenvalue weighted by atomic mass is 10.2. The smallest absolute Gasteiger partial charge is 0.413 e. The van der Waals surface area contributed by atoms with E-state index in [0.29, 0.717) is 16.6 Å². The number of ether oxygens (including phenoxy) is 1. The first-order valence-electron chi connectivity index (χ1n) is 11.3. The quantitative estimate of drug-likeness (QED) is 0.425. The van der Waals surface area contributed by atoms with Crippen molar-refractivity contribution in [2.24, 2.45) is 0 Å². The number of nitrogens with one attached hydrogen (secondary N) is 1. The summed E-state index contributed by atoms with van der Waals surface area (Å²) in [6.07, 6.45) is 1.98. The van der Waals surface area contributed by atoms with Gasteiger partial charge in [-0.15, -0.1) is 5.92 Å². The molecule has 1 saturated heterocycles. The molecule has 2 amide bonds. The zero-order chi connectivity index (χ0) is 27.4. The van der Waals surface area contributed by atoms with Crippen molar-refractivity contribution in [2.75, 3.05) is 44.0 Å². The Hall–Kier alpha value is -3.25. The molecule has 0 bridgehead atoms. The minimum Gasteiger partial charge on any atom is -0.444 e. The maximum absolute atomic E-state index is 13.3. The lowest BCUT2D eigenvalue weighted by Gasteiger charge is -2.38. The molecular weight excluding hydrogens is 520 g/mol. The summed E-state index contributed by atoms with van der Waals surface area (Å²) in [5.74, 6) is 5.74. The first-order valence-corrected chi connectivity index (χ1v) is 13.5. The number of hydroxylamine groups is 2. The van der Waals surface area contributed by atoms with Gasteiger partial charge in [0.15, 0.2) is 5.13 Å². The molecule has 0 spiro atoms. The number of hydrogen-bond acceptors (Lipinski definition) is 10. The van der Waals surface area contributed by atoms with Gasteiger partial charge >= 0.3 is 6.09 Å². The molecule has 200 valence electrons. The van der Waals surface area contributed by atoms with Crippen molar-refractivity contribution in [2.45, 2.75) is 44.2 Å². The van der Waals surface area contributed by atoms with E-state index in [-0.39, 0.29) is 29.7 Å². The Morgan fingerprint density at radius 3 is 2.54 bits per heavy atom. The summed E-state index contributed by atoms with van der Waals surface area (Å²) in [6.45, 7) is 7.49. The van der Waals surface area contributed by atoms with Gasteiger partial charge in [-0.1, -0.05) is 17.3 Å². The van der Waals surface area contributed by atoms with Gasteiger partial charge in [0.05, 0.1) is 13.3 Å². The van der Waals surface area contributed by atoms with Gasteiger partial charge in [-0.2, -0.15) is 4.31 Å². The summed E-state index contributed by atoms with van der Waals surface area (Å²) in [5, 5.41) is 4.15. The molecule has 12 nitrogen and oxygen atoms in total. The number of amides is 2. The predicted octanol–water partition coefficient (Wildman–Crippen LogP) is 2.42. The summed E-state index contributed by atoms with van der Waals surface area (Å²) >= 11 is 1.19. The first-order chi connectivity index (χ1) is 17.4. The van der Waals surface area contributed by atoms with Crippen LogP contribution < -0.4 is 10.2 Å². The van der Waals surface area contributed by atoms with Crippen LogP contribution in [0.1, 0.15) is 37.4 Å². The molecule has 1 fully saturated rings. The lowest BCUT2D eigenvalue weighted by molar-refractivity contribution is -0.0754. The van der Waals surface area contributed by atoms with Crippen molar-refractivity contribution in [3.63, 3.8) is 0 Å².